The van der Waals surface area contributed by atoms with Gasteiger partial charge >= 0.3 is 11.9 Å². The molecule has 0 spiro atoms. The van der Waals surface area contributed by atoms with Crippen molar-refractivity contribution in [3.05, 3.63) is 65.2 Å². The number of rotatable bonds is 15. The van der Waals surface area contributed by atoms with Crippen LogP contribution in [0, 0.1) is 0 Å². The first kappa shape index (κ1) is 27.1. The van der Waals surface area contributed by atoms with Gasteiger partial charge < -0.3 is 15.7 Å². The number of carboxylic acid groups (broad SMARTS) is 1. The van der Waals surface area contributed by atoms with Gasteiger partial charge in [0, 0.05) is 17.8 Å². The van der Waals surface area contributed by atoms with Crippen molar-refractivity contribution in [3.63, 3.8) is 0 Å². The van der Waals surface area contributed by atoms with Gasteiger partial charge in [0.05, 0.1) is 0 Å². The lowest BCUT2D eigenvalue weighted by molar-refractivity contribution is -0.147. The summed E-state index contributed by atoms with van der Waals surface area (Å²) in [6.45, 7) is 2.95. The molecule has 184 valence electrons. The minimum Gasteiger partial charge on any atom is -0.474 e. The number of benzene rings is 2. The molecule has 0 aliphatic rings. The topological polar surface area (TPSA) is 95.5 Å². The third-order valence-electron chi connectivity index (χ3n) is 5.85. The molecule has 2 aromatic rings. The zero-order valence-electron chi connectivity index (χ0n) is 20.3. The molecule has 3 N–H and O–H groups in total. The van der Waals surface area contributed by atoms with Gasteiger partial charge in [-0.25, -0.2) is 4.79 Å². The fourth-order valence-electron chi connectivity index (χ4n) is 3.82. The molecule has 0 aromatic heterocycles. The molecule has 0 bridgehead atoms. The summed E-state index contributed by atoms with van der Waals surface area (Å²) in [6, 6.07) is 14.6. The van der Waals surface area contributed by atoms with Crippen molar-refractivity contribution in [1.82, 2.24) is 5.32 Å². The summed E-state index contributed by atoms with van der Waals surface area (Å²) < 4.78 is 0. The van der Waals surface area contributed by atoms with Crippen LogP contribution in [0.5, 0.6) is 0 Å². The van der Waals surface area contributed by atoms with Crippen LogP contribution in [0.3, 0.4) is 0 Å². The quantitative estimate of drug-likeness (QED) is 0.223. The van der Waals surface area contributed by atoms with Gasteiger partial charge in [0.1, 0.15) is 0 Å². The van der Waals surface area contributed by atoms with Crippen molar-refractivity contribution in [2.24, 2.45) is 0 Å². The Balaban J connectivity index is 1.64. The lowest BCUT2D eigenvalue weighted by atomic mass is 10.0. The molecular formula is C28H38N2O4. The van der Waals surface area contributed by atoms with Crippen molar-refractivity contribution in [2.75, 3.05) is 11.9 Å². The first-order chi connectivity index (χ1) is 16.5. The lowest BCUT2D eigenvalue weighted by Crippen LogP contribution is -2.24. The summed E-state index contributed by atoms with van der Waals surface area (Å²) in [5, 5.41) is 14.0. The Kier molecular flexibility index (Phi) is 12.5. The first-order valence-electron chi connectivity index (χ1n) is 12.5. The van der Waals surface area contributed by atoms with E-state index in [1.807, 2.05) is 36.4 Å². The van der Waals surface area contributed by atoms with E-state index in [-0.39, 0.29) is 5.91 Å². The number of amides is 2. The first-order valence-corrected chi connectivity index (χ1v) is 12.5. The highest BCUT2D eigenvalue weighted by Crippen LogP contribution is 2.15. The van der Waals surface area contributed by atoms with E-state index in [4.69, 9.17) is 5.11 Å². The van der Waals surface area contributed by atoms with E-state index >= 15 is 0 Å². The van der Waals surface area contributed by atoms with Crippen LogP contribution in [0.25, 0.3) is 0 Å². The van der Waals surface area contributed by atoms with E-state index in [0.29, 0.717) is 24.2 Å². The van der Waals surface area contributed by atoms with Gasteiger partial charge in [-0.2, -0.15) is 0 Å². The third kappa shape index (κ3) is 10.6. The molecule has 0 atom stereocenters. The number of aliphatic carboxylic acids is 1. The van der Waals surface area contributed by atoms with Crippen LogP contribution in [0.1, 0.15) is 92.6 Å². The zero-order valence-corrected chi connectivity index (χ0v) is 20.3. The number of nitrogens with one attached hydrogen (secondary N) is 2. The van der Waals surface area contributed by atoms with Crippen LogP contribution in [0.4, 0.5) is 5.69 Å². The van der Waals surface area contributed by atoms with Gasteiger partial charge in [0.25, 0.3) is 5.91 Å². The molecule has 6 heteroatoms. The van der Waals surface area contributed by atoms with E-state index in [9.17, 15) is 14.4 Å². The molecule has 0 saturated carbocycles. The van der Waals surface area contributed by atoms with Crippen molar-refractivity contribution in [3.8, 4) is 0 Å². The molecule has 0 radical (unpaired) electrons. The molecule has 0 saturated heterocycles. The molecule has 2 aromatic carbocycles. The number of anilines is 1. The lowest BCUT2D eigenvalue weighted by Gasteiger charge is -2.08. The van der Waals surface area contributed by atoms with E-state index in [2.05, 4.69) is 17.6 Å². The number of hydrogen-bond donors (Lipinski definition) is 3. The molecular weight excluding hydrogens is 428 g/mol. The molecule has 6 nitrogen and oxygen atoms in total. The van der Waals surface area contributed by atoms with Gasteiger partial charge in [-0.05, 0) is 48.2 Å². The molecule has 2 amide bonds. The molecule has 0 heterocycles. The van der Waals surface area contributed by atoms with Gasteiger partial charge in [0.15, 0.2) is 0 Å². The average molecular weight is 467 g/mol. The number of hydrogen-bond acceptors (Lipinski definition) is 3. The van der Waals surface area contributed by atoms with Crippen molar-refractivity contribution >= 4 is 23.5 Å². The SMILES string of the molecule is CCCCCCCCCCCCNC(=O)c1ccc(Cc2ccc(NC(=O)C(=O)O)cc2)cc1. The smallest absolute Gasteiger partial charge is 0.394 e. The van der Waals surface area contributed by atoms with Crippen LogP contribution in [-0.4, -0.2) is 29.4 Å². The Hall–Kier alpha value is -3.15. The maximum Gasteiger partial charge on any atom is 0.394 e. The van der Waals surface area contributed by atoms with Crippen molar-refractivity contribution in [2.45, 2.75) is 77.6 Å². The Morgan fingerprint density at radius 2 is 1.21 bits per heavy atom. The number of carbonyl (C=O) groups excluding carboxylic acids is 2. The Labute approximate surface area is 203 Å². The fourth-order valence-corrected chi connectivity index (χ4v) is 3.82. The molecule has 0 aliphatic carbocycles. The standard InChI is InChI=1S/C28H38N2O4/c1-2-3-4-5-6-7-8-9-10-11-20-29-26(31)24-16-12-22(13-17-24)21-23-14-18-25(19-15-23)30-27(32)28(33)34/h12-19H,2-11,20-21H2,1H3,(H,29,31)(H,30,32)(H,33,34). The normalized spacial score (nSPS) is 10.6. The molecule has 34 heavy (non-hydrogen) atoms. The van der Waals surface area contributed by atoms with E-state index < -0.39 is 11.9 Å². The maximum absolute atomic E-state index is 12.4. The van der Waals surface area contributed by atoms with E-state index in [0.717, 1.165) is 24.0 Å². The molecule has 0 aliphatic heterocycles. The second kappa shape index (κ2) is 15.6. The number of carboxylic acids is 1. The predicted molar refractivity (Wildman–Crippen MR) is 136 cm³/mol. The van der Waals surface area contributed by atoms with Gasteiger partial charge in [-0.1, -0.05) is 89.0 Å². The monoisotopic (exact) mass is 466 g/mol. The predicted octanol–water partition coefficient (Wildman–Crippen LogP) is 5.95. The largest absolute Gasteiger partial charge is 0.474 e. The van der Waals surface area contributed by atoms with Crippen LogP contribution >= 0.6 is 0 Å². The van der Waals surface area contributed by atoms with Crippen LogP contribution in [0.15, 0.2) is 48.5 Å². The Morgan fingerprint density at radius 1 is 0.706 bits per heavy atom. The van der Waals surface area contributed by atoms with Gasteiger partial charge in [-0.15, -0.1) is 0 Å². The van der Waals surface area contributed by atoms with Crippen LogP contribution < -0.4 is 10.6 Å². The summed E-state index contributed by atoms with van der Waals surface area (Å²) in [7, 11) is 0. The molecule has 0 unspecified atom stereocenters. The summed E-state index contributed by atoms with van der Waals surface area (Å²) in [6.07, 6.45) is 13.4. The average Bonchev–Trinajstić information content (AvgIpc) is 2.84. The molecule has 0 fully saturated rings. The van der Waals surface area contributed by atoms with Crippen LogP contribution in [0.2, 0.25) is 0 Å². The highest BCUT2D eigenvalue weighted by Gasteiger charge is 2.11. The van der Waals surface area contributed by atoms with Crippen molar-refractivity contribution in [1.29, 1.82) is 0 Å². The summed E-state index contributed by atoms with van der Waals surface area (Å²) in [5.41, 5.74) is 3.17. The fraction of sp³-hybridized carbons (Fsp3) is 0.464. The van der Waals surface area contributed by atoms with Gasteiger partial charge in [-0.3, -0.25) is 9.59 Å². The zero-order chi connectivity index (χ0) is 24.6. The highest BCUT2D eigenvalue weighted by atomic mass is 16.4. The Bertz CT molecular complexity index is 892. The number of carbonyl (C=O) groups is 3. The summed E-state index contributed by atoms with van der Waals surface area (Å²) >= 11 is 0. The third-order valence-corrected chi connectivity index (χ3v) is 5.85. The second-order valence-corrected chi connectivity index (χ2v) is 8.77. The maximum atomic E-state index is 12.4. The van der Waals surface area contributed by atoms with Gasteiger partial charge in [0.2, 0.25) is 0 Å². The van der Waals surface area contributed by atoms with Crippen molar-refractivity contribution < 1.29 is 19.5 Å². The van der Waals surface area contributed by atoms with Crippen LogP contribution in [-0.2, 0) is 16.0 Å². The minimum atomic E-state index is -1.52. The van der Waals surface area contributed by atoms with E-state index in [1.54, 1.807) is 12.1 Å². The summed E-state index contributed by atoms with van der Waals surface area (Å²) in [4.78, 5) is 34.2. The minimum absolute atomic E-state index is 0.0407. The van der Waals surface area contributed by atoms with E-state index in [1.165, 1.54) is 51.4 Å². The summed E-state index contributed by atoms with van der Waals surface area (Å²) in [5.74, 6) is -2.62. The molecule has 2 rings (SSSR count). The second-order valence-electron chi connectivity index (χ2n) is 8.77. The number of unbranched alkanes of at least 4 members (excludes halogenated alkanes) is 9. The Morgan fingerprint density at radius 3 is 1.74 bits per heavy atom. The highest BCUT2D eigenvalue weighted by molar-refractivity contribution is 6.36.